The normalized spacial score (nSPS) is 16.7. The van der Waals surface area contributed by atoms with E-state index in [-0.39, 0.29) is 5.56 Å². The molecule has 0 amide bonds. The van der Waals surface area contributed by atoms with E-state index in [0.29, 0.717) is 17.1 Å². The summed E-state index contributed by atoms with van der Waals surface area (Å²) in [6, 6.07) is 1.59. The summed E-state index contributed by atoms with van der Waals surface area (Å²) in [4.78, 5) is 22.5. The quantitative estimate of drug-likeness (QED) is 0.831. The minimum absolute atomic E-state index is 0.194. The van der Waals surface area contributed by atoms with Crippen molar-refractivity contribution in [2.24, 2.45) is 0 Å². The highest BCUT2D eigenvalue weighted by Crippen LogP contribution is 2.33. The van der Waals surface area contributed by atoms with Crippen LogP contribution in [-0.4, -0.2) is 26.0 Å². The van der Waals surface area contributed by atoms with Gasteiger partial charge < -0.3 is 10.1 Å². The largest absolute Gasteiger partial charge is 0.478 e. The lowest BCUT2D eigenvalue weighted by Gasteiger charge is -2.02. The van der Waals surface area contributed by atoms with Crippen LogP contribution in [0.4, 0.5) is 0 Å². The molecule has 88 valence electrons. The monoisotopic (exact) mass is 231 g/mol. The molecule has 1 aliphatic rings. The summed E-state index contributed by atoms with van der Waals surface area (Å²) in [5, 5.41) is 8.89. The Morgan fingerprint density at radius 2 is 2.18 bits per heavy atom. The van der Waals surface area contributed by atoms with Gasteiger partial charge in [0.05, 0.1) is 11.1 Å². The lowest BCUT2D eigenvalue weighted by molar-refractivity contribution is 0.0696. The zero-order valence-electron chi connectivity index (χ0n) is 9.31. The summed E-state index contributed by atoms with van der Waals surface area (Å²) in [5.41, 5.74) is 1.52. The van der Waals surface area contributed by atoms with Crippen LogP contribution < -0.4 is 0 Å². The van der Waals surface area contributed by atoms with Crippen molar-refractivity contribution >= 4 is 17.1 Å². The first kappa shape index (κ1) is 10.3. The third-order valence-corrected chi connectivity index (χ3v) is 3.34. The van der Waals surface area contributed by atoms with Gasteiger partial charge in [-0.2, -0.15) is 0 Å². The van der Waals surface area contributed by atoms with E-state index in [0.717, 1.165) is 18.7 Å². The van der Waals surface area contributed by atoms with E-state index in [1.165, 1.54) is 19.0 Å². The second kappa shape index (κ2) is 3.84. The second-order valence-electron chi connectivity index (χ2n) is 4.50. The van der Waals surface area contributed by atoms with Crippen LogP contribution in [0.2, 0.25) is 0 Å². The molecule has 1 saturated carbocycles. The molecule has 0 spiro atoms. The number of H-pyrrole nitrogens is 1. The van der Waals surface area contributed by atoms with E-state index in [9.17, 15) is 4.79 Å². The molecule has 2 aromatic heterocycles. The van der Waals surface area contributed by atoms with E-state index in [1.54, 1.807) is 6.07 Å². The van der Waals surface area contributed by atoms with Gasteiger partial charge in [0.1, 0.15) is 5.82 Å². The fourth-order valence-electron chi connectivity index (χ4n) is 2.43. The molecular formula is C12H13N3O2. The van der Waals surface area contributed by atoms with Crippen molar-refractivity contribution in [1.29, 1.82) is 0 Å². The van der Waals surface area contributed by atoms with Gasteiger partial charge in [0.15, 0.2) is 5.65 Å². The molecular weight excluding hydrogens is 218 g/mol. The summed E-state index contributed by atoms with van der Waals surface area (Å²) >= 11 is 0. The van der Waals surface area contributed by atoms with Crippen LogP contribution in [0.15, 0.2) is 12.3 Å². The summed E-state index contributed by atoms with van der Waals surface area (Å²) in [6.07, 6.45) is 6.16. The number of aromatic carboxylic acids is 1. The van der Waals surface area contributed by atoms with Crippen molar-refractivity contribution in [3.8, 4) is 0 Å². The van der Waals surface area contributed by atoms with Crippen molar-refractivity contribution < 1.29 is 9.90 Å². The number of nitrogens with zero attached hydrogens (tertiary/aromatic N) is 2. The van der Waals surface area contributed by atoms with Crippen LogP contribution >= 0.6 is 0 Å². The van der Waals surface area contributed by atoms with E-state index in [4.69, 9.17) is 5.11 Å². The maximum atomic E-state index is 10.8. The molecule has 3 rings (SSSR count). The highest BCUT2D eigenvalue weighted by atomic mass is 16.4. The molecule has 0 radical (unpaired) electrons. The molecule has 0 saturated heterocycles. The van der Waals surface area contributed by atoms with Crippen LogP contribution in [0.25, 0.3) is 11.2 Å². The number of aromatic nitrogens is 3. The average Bonchev–Trinajstić information content (AvgIpc) is 2.96. The number of nitrogens with one attached hydrogen (secondary N) is 1. The zero-order valence-corrected chi connectivity index (χ0v) is 9.31. The SMILES string of the molecule is O=C(O)c1cnc2nc(C3CCCC3)[nH]c2c1. The van der Waals surface area contributed by atoms with E-state index in [1.807, 2.05) is 0 Å². The van der Waals surface area contributed by atoms with Crippen molar-refractivity contribution in [3.63, 3.8) is 0 Å². The summed E-state index contributed by atoms with van der Waals surface area (Å²) < 4.78 is 0. The molecule has 2 aromatic rings. The van der Waals surface area contributed by atoms with Gasteiger partial charge in [-0.1, -0.05) is 12.8 Å². The average molecular weight is 231 g/mol. The van der Waals surface area contributed by atoms with Crippen LogP contribution in [-0.2, 0) is 0 Å². The van der Waals surface area contributed by atoms with E-state index in [2.05, 4.69) is 15.0 Å². The third kappa shape index (κ3) is 1.77. The predicted molar refractivity (Wildman–Crippen MR) is 62.1 cm³/mol. The first-order valence-corrected chi connectivity index (χ1v) is 5.83. The Kier molecular flexibility index (Phi) is 2.31. The molecule has 1 aliphatic carbocycles. The number of fused-ring (bicyclic) bond motifs is 1. The predicted octanol–water partition coefficient (Wildman–Crippen LogP) is 2.31. The minimum atomic E-state index is -0.962. The maximum Gasteiger partial charge on any atom is 0.337 e. The van der Waals surface area contributed by atoms with Crippen LogP contribution in [0.3, 0.4) is 0 Å². The number of aromatic amines is 1. The number of pyridine rings is 1. The van der Waals surface area contributed by atoms with Crippen LogP contribution in [0.1, 0.15) is 47.8 Å². The van der Waals surface area contributed by atoms with Crippen molar-refractivity contribution in [1.82, 2.24) is 15.0 Å². The van der Waals surface area contributed by atoms with E-state index >= 15 is 0 Å². The Balaban J connectivity index is 2.03. The number of imidazole rings is 1. The van der Waals surface area contributed by atoms with Crippen LogP contribution in [0, 0.1) is 0 Å². The fraction of sp³-hybridized carbons (Fsp3) is 0.417. The van der Waals surface area contributed by atoms with Crippen molar-refractivity contribution in [3.05, 3.63) is 23.7 Å². The molecule has 0 aliphatic heterocycles. The zero-order chi connectivity index (χ0) is 11.8. The molecule has 17 heavy (non-hydrogen) atoms. The van der Waals surface area contributed by atoms with Crippen molar-refractivity contribution in [2.75, 3.05) is 0 Å². The van der Waals surface area contributed by atoms with Gasteiger partial charge in [-0.3, -0.25) is 0 Å². The number of carbonyl (C=O) groups is 1. The summed E-state index contributed by atoms with van der Waals surface area (Å²) in [6.45, 7) is 0. The molecule has 0 unspecified atom stereocenters. The molecule has 0 aromatic carbocycles. The second-order valence-corrected chi connectivity index (χ2v) is 4.50. The highest BCUT2D eigenvalue weighted by molar-refractivity contribution is 5.90. The smallest absolute Gasteiger partial charge is 0.337 e. The summed E-state index contributed by atoms with van der Waals surface area (Å²) in [5.74, 6) is 0.474. The van der Waals surface area contributed by atoms with Gasteiger partial charge in [-0.25, -0.2) is 14.8 Å². The fourth-order valence-corrected chi connectivity index (χ4v) is 2.43. The number of hydrogen-bond acceptors (Lipinski definition) is 3. The Morgan fingerprint density at radius 3 is 2.88 bits per heavy atom. The van der Waals surface area contributed by atoms with Gasteiger partial charge in [0.25, 0.3) is 0 Å². The first-order valence-electron chi connectivity index (χ1n) is 5.83. The van der Waals surface area contributed by atoms with Crippen LogP contribution in [0.5, 0.6) is 0 Å². The standard InChI is InChI=1S/C12H13N3O2/c16-12(17)8-5-9-11(13-6-8)15-10(14-9)7-3-1-2-4-7/h5-7H,1-4H2,(H,16,17)(H,13,14,15). The molecule has 0 atom stereocenters. The third-order valence-electron chi connectivity index (χ3n) is 3.34. The minimum Gasteiger partial charge on any atom is -0.478 e. The van der Waals surface area contributed by atoms with Gasteiger partial charge in [-0.15, -0.1) is 0 Å². The number of carboxylic acids is 1. The van der Waals surface area contributed by atoms with Gasteiger partial charge in [-0.05, 0) is 18.9 Å². The molecule has 0 bridgehead atoms. The lowest BCUT2D eigenvalue weighted by atomic mass is 10.1. The Hall–Kier alpha value is -1.91. The number of hydrogen-bond donors (Lipinski definition) is 2. The van der Waals surface area contributed by atoms with E-state index < -0.39 is 5.97 Å². The Labute approximate surface area is 97.9 Å². The summed E-state index contributed by atoms with van der Waals surface area (Å²) in [7, 11) is 0. The Bertz CT molecular complexity index is 570. The highest BCUT2D eigenvalue weighted by Gasteiger charge is 2.20. The number of rotatable bonds is 2. The van der Waals surface area contributed by atoms with Gasteiger partial charge >= 0.3 is 5.97 Å². The first-order chi connectivity index (χ1) is 8.24. The molecule has 5 heteroatoms. The van der Waals surface area contributed by atoms with Gasteiger partial charge in [0.2, 0.25) is 0 Å². The van der Waals surface area contributed by atoms with Crippen molar-refractivity contribution in [2.45, 2.75) is 31.6 Å². The van der Waals surface area contributed by atoms with Gasteiger partial charge in [0, 0.05) is 12.1 Å². The molecule has 2 N–H and O–H groups in total. The number of carboxylic acid groups (broad SMARTS) is 1. The molecule has 1 fully saturated rings. The molecule has 5 nitrogen and oxygen atoms in total. The lowest BCUT2D eigenvalue weighted by Crippen LogP contribution is -1.96. The topological polar surface area (TPSA) is 78.9 Å². The maximum absolute atomic E-state index is 10.8. The Morgan fingerprint density at radius 1 is 1.41 bits per heavy atom. The molecule has 2 heterocycles.